The highest BCUT2D eigenvalue weighted by Gasteiger charge is 2.31. The van der Waals surface area contributed by atoms with Crippen LogP contribution in [0.15, 0.2) is 41.9 Å². The summed E-state index contributed by atoms with van der Waals surface area (Å²) in [6.07, 6.45) is 1.09. The van der Waals surface area contributed by atoms with Gasteiger partial charge >= 0.3 is 0 Å². The molecule has 19 heavy (non-hydrogen) atoms. The molecule has 0 fully saturated rings. The third kappa shape index (κ3) is 2.22. The molecular formula is C14H12O5. The molecule has 0 saturated carbocycles. The monoisotopic (exact) mass is 260 g/mol. The fourth-order valence-electron chi connectivity index (χ4n) is 1.88. The second-order valence-corrected chi connectivity index (χ2v) is 3.86. The van der Waals surface area contributed by atoms with Crippen LogP contribution < -0.4 is 0 Å². The highest BCUT2D eigenvalue weighted by molar-refractivity contribution is 6.36. The summed E-state index contributed by atoms with van der Waals surface area (Å²) in [6, 6.07) is 6.04. The maximum absolute atomic E-state index is 12.2. The van der Waals surface area contributed by atoms with Gasteiger partial charge in [0.15, 0.2) is 11.5 Å². The molecule has 0 bridgehead atoms. The molecule has 1 aliphatic rings. The summed E-state index contributed by atoms with van der Waals surface area (Å²) in [5.74, 6) is -1.02. The Bertz CT molecular complexity index is 610. The summed E-state index contributed by atoms with van der Waals surface area (Å²) < 4.78 is 9.89. The van der Waals surface area contributed by atoms with Crippen LogP contribution in [0.1, 0.15) is 5.56 Å². The fraction of sp³-hybridized carbons (Fsp3) is 0.143. The molecule has 0 aromatic heterocycles. The molecule has 98 valence electrons. The van der Waals surface area contributed by atoms with Crippen LogP contribution in [-0.2, 0) is 19.1 Å². The van der Waals surface area contributed by atoms with E-state index in [2.05, 4.69) is 0 Å². The van der Waals surface area contributed by atoms with Crippen LogP contribution in [0.2, 0.25) is 0 Å². The van der Waals surface area contributed by atoms with Gasteiger partial charge < -0.3 is 14.6 Å². The van der Waals surface area contributed by atoms with Crippen LogP contribution in [0.3, 0.4) is 0 Å². The predicted octanol–water partition coefficient (Wildman–Crippen LogP) is 1.43. The third-order valence-corrected chi connectivity index (χ3v) is 2.72. The summed E-state index contributed by atoms with van der Waals surface area (Å²) >= 11 is 0. The number of aromatic hydroxyl groups is 1. The van der Waals surface area contributed by atoms with E-state index >= 15 is 0 Å². The van der Waals surface area contributed by atoms with E-state index in [1.54, 1.807) is 12.1 Å². The zero-order valence-electron chi connectivity index (χ0n) is 10.5. The Balaban J connectivity index is 2.62. The lowest BCUT2D eigenvalue weighted by Crippen LogP contribution is -2.20. The van der Waals surface area contributed by atoms with Gasteiger partial charge in [-0.25, -0.2) is 0 Å². The minimum absolute atomic E-state index is 0.00535. The Labute approximate surface area is 109 Å². The molecule has 1 aromatic rings. The van der Waals surface area contributed by atoms with Gasteiger partial charge in [0, 0.05) is 6.08 Å². The van der Waals surface area contributed by atoms with Gasteiger partial charge in [-0.3, -0.25) is 9.59 Å². The third-order valence-electron chi connectivity index (χ3n) is 2.72. The van der Waals surface area contributed by atoms with Crippen molar-refractivity contribution in [1.29, 1.82) is 0 Å². The van der Waals surface area contributed by atoms with E-state index in [4.69, 9.17) is 9.47 Å². The molecule has 0 spiro atoms. The Morgan fingerprint density at radius 2 is 1.84 bits per heavy atom. The predicted molar refractivity (Wildman–Crippen MR) is 67.1 cm³/mol. The number of benzene rings is 1. The largest absolute Gasteiger partial charge is 0.508 e. The van der Waals surface area contributed by atoms with Crippen LogP contribution in [0, 0.1) is 0 Å². The van der Waals surface area contributed by atoms with E-state index < -0.39 is 11.6 Å². The SMILES string of the molecule is COC1=CC(=O)C(OC)=C(c2cccc(O)c2)C1=O. The van der Waals surface area contributed by atoms with Crippen LogP contribution in [0.5, 0.6) is 5.75 Å². The maximum Gasteiger partial charge on any atom is 0.232 e. The number of Topliss-reactive ketones (excluding diaryl/α,β-unsaturated/α-hetero) is 1. The molecule has 0 heterocycles. The van der Waals surface area contributed by atoms with Gasteiger partial charge in [0.2, 0.25) is 11.6 Å². The topological polar surface area (TPSA) is 72.8 Å². The molecule has 5 heteroatoms. The van der Waals surface area contributed by atoms with E-state index in [0.29, 0.717) is 5.56 Å². The number of allylic oxidation sites excluding steroid dienone is 2. The smallest absolute Gasteiger partial charge is 0.232 e. The molecule has 0 atom stereocenters. The average molecular weight is 260 g/mol. The first kappa shape index (κ1) is 12.9. The minimum Gasteiger partial charge on any atom is -0.508 e. The van der Waals surface area contributed by atoms with Crippen molar-refractivity contribution in [3.05, 3.63) is 47.4 Å². The molecule has 0 radical (unpaired) electrons. The molecule has 0 amide bonds. The van der Waals surface area contributed by atoms with E-state index in [9.17, 15) is 14.7 Å². The van der Waals surface area contributed by atoms with Gasteiger partial charge in [-0.2, -0.15) is 0 Å². The van der Waals surface area contributed by atoms with E-state index in [1.807, 2.05) is 0 Å². The number of phenols is 1. The zero-order valence-corrected chi connectivity index (χ0v) is 10.5. The second-order valence-electron chi connectivity index (χ2n) is 3.86. The van der Waals surface area contributed by atoms with Crippen molar-refractivity contribution in [3.8, 4) is 5.75 Å². The van der Waals surface area contributed by atoms with Gasteiger partial charge in [0.05, 0.1) is 19.8 Å². The summed E-state index contributed by atoms with van der Waals surface area (Å²) in [4.78, 5) is 24.1. The van der Waals surface area contributed by atoms with Crippen molar-refractivity contribution in [1.82, 2.24) is 0 Å². The van der Waals surface area contributed by atoms with Gasteiger partial charge in [0.1, 0.15) is 5.75 Å². The first-order valence-electron chi connectivity index (χ1n) is 5.51. The van der Waals surface area contributed by atoms with E-state index in [0.717, 1.165) is 6.08 Å². The number of carbonyl (C=O) groups is 2. The summed E-state index contributed by atoms with van der Waals surface area (Å²) in [5.41, 5.74) is 0.487. The maximum atomic E-state index is 12.2. The number of hydrogen-bond acceptors (Lipinski definition) is 5. The summed E-state index contributed by atoms with van der Waals surface area (Å²) in [6.45, 7) is 0. The van der Waals surface area contributed by atoms with Crippen LogP contribution >= 0.6 is 0 Å². The van der Waals surface area contributed by atoms with Crippen molar-refractivity contribution in [2.75, 3.05) is 14.2 Å². The average Bonchev–Trinajstić information content (AvgIpc) is 2.40. The lowest BCUT2D eigenvalue weighted by Gasteiger charge is -2.17. The van der Waals surface area contributed by atoms with Crippen LogP contribution in [0.4, 0.5) is 0 Å². The van der Waals surface area contributed by atoms with Gasteiger partial charge in [0.25, 0.3) is 0 Å². The molecule has 0 saturated heterocycles. The van der Waals surface area contributed by atoms with Crippen molar-refractivity contribution < 1.29 is 24.2 Å². The number of methoxy groups -OCH3 is 2. The van der Waals surface area contributed by atoms with Gasteiger partial charge in [-0.1, -0.05) is 12.1 Å². The number of carbonyl (C=O) groups excluding carboxylic acids is 2. The Morgan fingerprint density at radius 3 is 2.42 bits per heavy atom. The first-order chi connectivity index (χ1) is 9.08. The summed E-state index contributed by atoms with van der Waals surface area (Å²) in [7, 11) is 2.63. The molecule has 1 aromatic carbocycles. The highest BCUT2D eigenvalue weighted by atomic mass is 16.5. The zero-order chi connectivity index (χ0) is 14.0. The Hall–Kier alpha value is -2.56. The summed E-state index contributed by atoms with van der Waals surface area (Å²) in [5, 5.41) is 9.47. The highest BCUT2D eigenvalue weighted by Crippen LogP contribution is 2.30. The standard InChI is InChI=1S/C14H12O5/c1-18-11-7-10(16)14(19-2)12(13(11)17)8-4-3-5-9(15)6-8/h3-7,15H,1-2H3. The van der Waals surface area contributed by atoms with Crippen LogP contribution in [0.25, 0.3) is 5.57 Å². The Morgan fingerprint density at radius 1 is 1.11 bits per heavy atom. The number of ketones is 2. The van der Waals surface area contributed by atoms with Crippen LogP contribution in [-0.4, -0.2) is 30.9 Å². The fourth-order valence-corrected chi connectivity index (χ4v) is 1.88. The molecule has 5 nitrogen and oxygen atoms in total. The lowest BCUT2D eigenvalue weighted by molar-refractivity contribution is -0.118. The normalized spacial score (nSPS) is 15.4. The Kier molecular flexibility index (Phi) is 3.37. The van der Waals surface area contributed by atoms with E-state index in [-0.39, 0.29) is 22.8 Å². The van der Waals surface area contributed by atoms with Gasteiger partial charge in [-0.15, -0.1) is 0 Å². The molecule has 0 aliphatic heterocycles. The molecule has 0 unspecified atom stereocenters. The number of hydrogen-bond donors (Lipinski definition) is 1. The first-order valence-corrected chi connectivity index (χ1v) is 5.51. The molecule has 1 N–H and O–H groups in total. The van der Waals surface area contributed by atoms with Gasteiger partial charge in [-0.05, 0) is 17.7 Å². The number of rotatable bonds is 3. The van der Waals surface area contributed by atoms with E-state index in [1.165, 1.54) is 26.4 Å². The molecule has 1 aliphatic carbocycles. The molecule has 2 rings (SSSR count). The number of ether oxygens (including phenoxy) is 2. The quantitative estimate of drug-likeness (QED) is 0.832. The lowest BCUT2D eigenvalue weighted by atomic mass is 9.93. The molecular weight excluding hydrogens is 248 g/mol. The second kappa shape index (κ2) is 4.97. The number of phenolic OH excluding ortho intramolecular Hbond substituents is 1. The van der Waals surface area contributed by atoms with Crippen molar-refractivity contribution >= 4 is 17.1 Å². The minimum atomic E-state index is -0.454. The van der Waals surface area contributed by atoms with Crippen molar-refractivity contribution in [2.24, 2.45) is 0 Å². The van der Waals surface area contributed by atoms with Crippen molar-refractivity contribution in [2.45, 2.75) is 0 Å². The van der Waals surface area contributed by atoms with Crippen molar-refractivity contribution in [3.63, 3.8) is 0 Å².